The summed E-state index contributed by atoms with van der Waals surface area (Å²) in [5.74, 6) is -0.649. The van der Waals surface area contributed by atoms with Crippen LogP contribution in [0.1, 0.15) is 76.2 Å². The van der Waals surface area contributed by atoms with Gasteiger partial charge in [0.1, 0.15) is 0 Å². The second kappa shape index (κ2) is 11.3. The molecule has 1 saturated carbocycles. The van der Waals surface area contributed by atoms with E-state index in [1.54, 1.807) is 12.1 Å². The molecule has 1 aromatic rings. The van der Waals surface area contributed by atoms with Crippen molar-refractivity contribution < 1.29 is 27.1 Å². The van der Waals surface area contributed by atoms with Crippen LogP contribution in [-0.2, 0) is 19.4 Å². The molecule has 0 radical (unpaired) electrons. The summed E-state index contributed by atoms with van der Waals surface area (Å²) in [4.78, 5) is 22.8. The third-order valence-corrected chi connectivity index (χ3v) is 8.47. The lowest BCUT2D eigenvalue weighted by Gasteiger charge is -2.16. The lowest BCUT2D eigenvalue weighted by atomic mass is 10.00. The summed E-state index contributed by atoms with van der Waals surface area (Å²) >= 11 is 0. The first-order valence-corrected chi connectivity index (χ1v) is 13.5. The number of rotatable bonds is 12. The van der Waals surface area contributed by atoms with Gasteiger partial charge in [-0.15, -0.1) is 0 Å². The number of imide groups is 1. The highest BCUT2D eigenvalue weighted by atomic mass is 32.2. The molecule has 1 unspecified atom stereocenters. The molecule has 0 spiro atoms. The minimum absolute atomic E-state index is 0.000228. The molecule has 0 aromatic heterocycles. The molecular weight excluding hydrogens is 433 g/mol. The van der Waals surface area contributed by atoms with Crippen molar-refractivity contribution in [3.63, 3.8) is 0 Å². The van der Waals surface area contributed by atoms with Crippen LogP contribution < -0.4 is 10.1 Å². The van der Waals surface area contributed by atoms with Gasteiger partial charge in [0.15, 0.2) is 21.4 Å². The van der Waals surface area contributed by atoms with Gasteiger partial charge in [0.05, 0.1) is 18.1 Å². The van der Waals surface area contributed by atoms with Crippen molar-refractivity contribution in [1.29, 1.82) is 0 Å². The minimum atomic E-state index is -3.26. The second-order valence-corrected chi connectivity index (χ2v) is 11.6. The van der Waals surface area contributed by atoms with E-state index in [0.29, 0.717) is 31.8 Å². The third kappa shape index (κ3) is 7.29. The zero-order valence-corrected chi connectivity index (χ0v) is 19.6. The van der Waals surface area contributed by atoms with E-state index in [1.807, 2.05) is 6.92 Å². The van der Waals surface area contributed by atoms with Gasteiger partial charge in [0.25, 0.3) is 0 Å². The van der Waals surface area contributed by atoms with Crippen LogP contribution in [0.25, 0.3) is 0 Å². The van der Waals surface area contributed by atoms with Gasteiger partial charge in [-0.3, -0.25) is 14.9 Å². The summed E-state index contributed by atoms with van der Waals surface area (Å²) in [6, 6.07) is 4.62. The predicted molar refractivity (Wildman–Crippen MR) is 121 cm³/mol. The zero-order valence-electron chi connectivity index (χ0n) is 18.8. The van der Waals surface area contributed by atoms with E-state index in [4.69, 9.17) is 4.74 Å². The van der Waals surface area contributed by atoms with Gasteiger partial charge < -0.3 is 4.74 Å². The van der Waals surface area contributed by atoms with Crippen LogP contribution >= 0.6 is 0 Å². The van der Waals surface area contributed by atoms with Gasteiger partial charge in [-0.2, -0.15) is 0 Å². The van der Waals surface area contributed by atoms with Crippen molar-refractivity contribution in [2.45, 2.75) is 70.6 Å². The number of hydrogen-bond acceptors (Lipinski definition) is 5. The normalized spacial score (nSPS) is 20.5. The molecular formula is C24H34FNO5S. The van der Waals surface area contributed by atoms with Gasteiger partial charge in [0.2, 0.25) is 11.8 Å². The minimum Gasteiger partial charge on any atom is -0.490 e. The number of sulfone groups is 1. The Morgan fingerprint density at radius 3 is 2.59 bits per heavy atom. The first-order chi connectivity index (χ1) is 15.2. The van der Waals surface area contributed by atoms with Gasteiger partial charge in [-0.25, -0.2) is 12.8 Å². The van der Waals surface area contributed by atoms with Crippen LogP contribution in [0.4, 0.5) is 4.39 Å². The molecule has 1 N–H and O–H groups in total. The molecule has 1 heterocycles. The highest BCUT2D eigenvalue weighted by Crippen LogP contribution is 2.29. The van der Waals surface area contributed by atoms with E-state index in [9.17, 15) is 22.4 Å². The molecule has 2 atom stereocenters. The molecule has 6 nitrogen and oxygen atoms in total. The van der Waals surface area contributed by atoms with Crippen LogP contribution in [0.2, 0.25) is 0 Å². The van der Waals surface area contributed by atoms with E-state index in [1.165, 1.54) is 18.9 Å². The number of ether oxygens (including phenoxy) is 1. The third-order valence-electron chi connectivity index (χ3n) is 6.55. The van der Waals surface area contributed by atoms with Crippen LogP contribution in [0.5, 0.6) is 5.75 Å². The van der Waals surface area contributed by atoms with Crippen molar-refractivity contribution in [3.05, 3.63) is 29.6 Å². The molecule has 0 bridgehead atoms. The van der Waals surface area contributed by atoms with E-state index < -0.39 is 15.7 Å². The number of unbranched alkanes of at least 4 members (excludes halogenated alkanes) is 2. The highest BCUT2D eigenvalue weighted by Gasteiger charge is 2.29. The summed E-state index contributed by atoms with van der Waals surface area (Å²) in [7, 11) is -3.26. The summed E-state index contributed by atoms with van der Waals surface area (Å²) in [6.45, 7) is 2.34. The average Bonchev–Trinajstić information content (AvgIpc) is 3.35. The molecule has 1 aromatic carbocycles. The van der Waals surface area contributed by atoms with Crippen LogP contribution in [0.3, 0.4) is 0 Å². The Labute approximate surface area is 190 Å². The molecule has 32 heavy (non-hydrogen) atoms. The molecule has 2 fully saturated rings. The van der Waals surface area contributed by atoms with Crippen molar-refractivity contribution in [2.75, 3.05) is 18.1 Å². The molecule has 1 aliphatic carbocycles. The molecule has 3 rings (SSSR count). The second-order valence-electron chi connectivity index (χ2n) is 9.33. The van der Waals surface area contributed by atoms with Gasteiger partial charge in [0, 0.05) is 12.3 Å². The maximum absolute atomic E-state index is 14.2. The zero-order chi connectivity index (χ0) is 23.1. The number of hydrogen-bond donors (Lipinski definition) is 1. The van der Waals surface area contributed by atoms with Crippen molar-refractivity contribution in [2.24, 2.45) is 11.8 Å². The summed E-state index contributed by atoms with van der Waals surface area (Å²) < 4.78 is 45.0. The van der Waals surface area contributed by atoms with Crippen molar-refractivity contribution in [1.82, 2.24) is 5.32 Å². The highest BCUT2D eigenvalue weighted by molar-refractivity contribution is 7.91. The lowest BCUT2D eigenvalue weighted by molar-refractivity contribution is -0.125. The number of benzene rings is 1. The smallest absolute Gasteiger partial charge is 0.230 e. The van der Waals surface area contributed by atoms with E-state index in [0.717, 1.165) is 24.8 Å². The number of nitrogens with one attached hydrogen (secondary N) is 1. The Hall–Kier alpha value is -1.96. The first kappa shape index (κ1) is 24.7. The Bertz CT molecular complexity index is 911. The Morgan fingerprint density at radius 2 is 1.91 bits per heavy atom. The summed E-state index contributed by atoms with van der Waals surface area (Å²) in [5, 5.41) is 2.29. The fraction of sp³-hybridized carbons (Fsp3) is 0.667. The number of amides is 2. The fourth-order valence-electron chi connectivity index (χ4n) is 4.61. The molecule has 1 aliphatic heterocycles. The Morgan fingerprint density at radius 1 is 1.16 bits per heavy atom. The van der Waals surface area contributed by atoms with Crippen LogP contribution in [0, 0.1) is 17.7 Å². The Kier molecular flexibility index (Phi) is 8.68. The molecule has 1 saturated heterocycles. The maximum Gasteiger partial charge on any atom is 0.230 e. The van der Waals surface area contributed by atoms with Crippen molar-refractivity contribution in [3.8, 4) is 5.75 Å². The van der Waals surface area contributed by atoms with Crippen molar-refractivity contribution >= 4 is 21.7 Å². The molecule has 178 valence electrons. The number of carbonyl (C=O) groups is 2. The topological polar surface area (TPSA) is 89.5 Å². The van der Waals surface area contributed by atoms with Gasteiger partial charge in [-0.05, 0) is 55.2 Å². The maximum atomic E-state index is 14.2. The average molecular weight is 468 g/mol. The molecule has 2 aliphatic rings. The van der Waals surface area contributed by atoms with E-state index in [2.05, 4.69) is 5.32 Å². The largest absolute Gasteiger partial charge is 0.490 e. The quantitative estimate of drug-likeness (QED) is 0.369. The Balaban J connectivity index is 1.43. The summed E-state index contributed by atoms with van der Waals surface area (Å²) in [6.07, 6.45) is 7.39. The lowest BCUT2D eigenvalue weighted by Crippen LogP contribution is -2.22. The van der Waals surface area contributed by atoms with Gasteiger partial charge >= 0.3 is 0 Å². The first-order valence-electron chi connectivity index (χ1n) is 11.7. The standard InChI is InChI=1S/C24H34FNO5S/c1-17(19-10-11-21(25)22(13-19)31-15-18-7-4-5-8-18)16-32(29,30)12-6-2-3-9-20-14-23(27)26-24(20)28/h10-11,13,17-18,20H,2-9,12,14-16H2,1H3,(H,26,27,28)/t17-,20?/m0/s1. The predicted octanol–water partition coefficient (Wildman–Crippen LogP) is 4.14. The number of carbonyl (C=O) groups excluding carboxylic acids is 2. The molecule has 2 amide bonds. The fourth-order valence-corrected chi connectivity index (χ4v) is 6.38. The number of halogens is 1. The SMILES string of the molecule is C[C@@H](CS(=O)(=O)CCCCCC1CC(=O)NC1=O)c1ccc(F)c(OCC2CCCC2)c1. The van der Waals surface area contributed by atoms with Crippen LogP contribution in [-0.4, -0.2) is 38.3 Å². The van der Waals surface area contributed by atoms with E-state index >= 15 is 0 Å². The van der Waals surface area contributed by atoms with Gasteiger partial charge in [-0.1, -0.05) is 38.7 Å². The summed E-state index contributed by atoms with van der Waals surface area (Å²) in [5.41, 5.74) is 0.758. The molecule has 8 heteroatoms. The monoisotopic (exact) mass is 467 g/mol. The van der Waals surface area contributed by atoms with E-state index in [-0.39, 0.29) is 47.3 Å². The van der Waals surface area contributed by atoms with Crippen LogP contribution in [0.15, 0.2) is 18.2 Å².